The first-order valence-corrected chi connectivity index (χ1v) is 11.3. The Bertz CT molecular complexity index is 1180. The van der Waals surface area contributed by atoms with Crippen LogP contribution < -0.4 is 10.0 Å². The van der Waals surface area contributed by atoms with Crippen molar-refractivity contribution in [2.75, 3.05) is 10.0 Å². The number of hydrogen-bond acceptors (Lipinski definition) is 3. The van der Waals surface area contributed by atoms with Gasteiger partial charge in [-0.05, 0) is 77.8 Å². The largest absolute Gasteiger partial charge is 0.322 e. The number of amides is 1. The molecule has 3 aromatic carbocycles. The highest BCUT2D eigenvalue weighted by molar-refractivity contribution is 9.10. The van der Waals surface area contributed by atoms with Crippen LogP contribution in [-0.4, -0.2) is 14.3 Å². The molecule has 1 amide bonds. The summed E-state index contributed by atoms with van der Waals surface area (Å²) < 4.78 is 28.6. The first-order chi connectivity index (χ1) is 13.7. The van der Waals surface area contributed by atoms with E-state index in [0.717, 1.165) is 10.0 Å². The molecule has 8 heteroatoms. The second-order valence-corrected chi connectivity index (χ2v) is 9.42. The molecule has 0 saturated heterocycles. The van der Waals surface area contributed by atoms with Gasteiger partial charge in [0.05, 0.1) is 15.6 Å². The lowest BCUT2D eigenvalue weighted by molar-refractivity contribution is 0.102. The van der Waals surface area contributed by atoms with Gasteiger partial charge in [-0.2, -0.15) is 0 Å². The van der Waals surface area contributed by atoms with E-state index in [0.29, 0.717) is 27.5 Å². The van der Waals surface area contributed by atoms with Crippen molar-refractivity contribution < 1.29 is 13.2 Å². The maximum absolute atomic E-state index is 12.7. The monoisotopic (exact) mass is 492 g/mol. The lowest BCUT2D eigenvalue weighted by Crippen LogP contribution is -2.17. The van der Waals surface area contributed by atoms with Crippen LogP contribution in [0, 0.1) is 13.8 Å². The van der Waals surface area contributed by atoms with Crippen LogP contribution in [0.5, 0.6) is 0 Å². The predicted octanol–water partition coefficient (Wildman–Crippen LogP) is 5.77. The minimum atomic E-state index is -3.77. The minimum Gasteiger partial charge on any atom is -0.322 e. The number of nitrogens with one attached hydrogen (secondary N) is 2. The summed E-state index contributed by atoms with van der Waals surface area (Å²) in [6.45, 7) is 3.57. The number of halogens is 2. The Balaban J connectivity index is 1.86. The highest BCUT2D eigenvalue weighted by Crippen LogP contribution is 2.27. The van der Waals surface area contributed by atoms with Crippen molar-refractivity contribution in [3.8, 4) is 0 Å². The number of carbonyl (C=O) groups is 1. The number of benzene rings is 3. The van der Waals surface area contributed by atoms with Crippen LogP contribution in [0.4, 0.5) is 11.4 Å². The molecule has 150 valence electrons. The first kappa shape index (κ1) is 21.4. The van der Waals surface area contributed by atoms with Gasteiger partial charge in [-0.15, -0.1) is 0 Å². The third-order valence-corrected chi connectivity index (χ3v) is 6.95. The molecular formula is C21H18BrClN2O3S. The standard InChI is InChI=1S/C21H18BrClN2O3S/c1-13-6-9-16(10-7-13)29(27,28)25-20-5-3-4-17(14(20)2)21(26)24-15-8-11-18(22)19(23)12-15/h3-12,25H,1-2H3,(H,24,26). The van der Waals surface area contributed by atoms with Crippen LogP contribution in [0.3, 0.4) is 0 Å². The number of anilines is 2. The van der Waals surface area contributed by atoms with E-state index in [-0.39, 0.29) is 10.8 Å². The molecule has 0 aromatic heterocycles. The fourth-order valence-corrected chi connectivity index (χ4v) is 4.24. The number of sulfonamides is 1. The minimum absolute atomic E-state index is 0.154. The zero-order valence-corrected chi connectivity index (χ0v) is 18.8. The van der Waals surface area contributed by atoms with Gasteiger partial charge in [0.15, 0.2) is 0 Å². The van der Waals surface area contributed by atoms with Gasteiger partial charge in [-0.25, -0.2) is 8.42 Å². The fraction of sp³-hybridized carbons (Fsp3) is 0.0952. The summed E-state index contributed by atoms with van der Waals surface area (Å²) in [5, 5.41) is 3.25. The van der Waals surface area contributed by atoms with Crippen molar-refractivity contribution in [2.24, 2.45) is 0 Å². The smallest absolute Gasteiger partial charge is 0.261 e. The van der Waals surface area contributed by atoms with Gasteiger partial charge in [0, 0.05) is 15.7 Å². The van der Waals surface area contributed by atoms with E-state index in [4.69, 9.17) is 11.6 Å². The summed E-state index contributed by atoms with van der Waals surface area (Å²) in [7, 11) is -3.77. The third kappa shape index (κ3) is 4.98. The van der Waals surface area contributed by atoms with E-state index in [2.05, 4.69) is 26.0 Å². The zero-order valence-electron chi connectivity index (χ0n) is 15.7. The van der Waals surface area contributed by atoms with Crippen LogP contribution in [0.25, 0.3) is 0 Å². The van der Waals surface area contributed by atoms with Crippen LogP contribution in [0.1, 0.15) is 21.5 Å². The Hall–Kier alpha value is -2.35. The molecule has 3 aromatic rings. The van der Waals surface area contributed by atoms with Crippen LogP contribution in [0.15, 0.2) is 70.0 Å². The quantitative estimate of drug-likeness (QED) is 0.473. The molecule has 0 atom stereocenters. The summed E-state index contributed by atoms with van der Waals surface area (Å²) in [5.41, 5.74) is 2.71. The molecule has 0 aliphatic carbocycles. The zero-order chi connectivity index (χ0) is 21.2. The molecule has 0 spiro atoms. The van der Waals surface area contributed by atoms with Crippen LogP contribution in [0.2, 0.25) is 5.02 Å². The lowest BCUT2D eigenvalue weighted by Gasteiger charge is -2.14. The maximum atomic E-state index is 12.7. The van der Waals surface area contributed by atoms with Gasteiger partial charge in [-0.3, -0.25) is 9.52 Å². The molecule has 2 N–H and O–H groups in total. The summed E-state index contributed by atoms with van der Waals surface area (Å²) in [4.78, 5) is 12.9. The van der Waals surface area contributed by atoms with Crippen LogP contribution in [-0.2, 0) is 10.0 Å². The Kier molecular flexibility index (Phi) is 6.31. The highest BCUT2D eigenvalue weighted by atomic mass is 79.9. The molecule has 0 aliphatic heterocycles. The molecule has 0 saturated carbocycles. The van der Waals surface area contributed by atoms with E-state index < -0.39 is 10.0 Å². The van der Waals surface area contributed by atoms with Crippen molar-refractivity contribution in [3.63, 3.8) is 0 Å². The average molecular weight is 494 g/mol. The molecule has 29 heavy (non-hydrogen) atoms. The normalized spacial score (nSPS) is 11.2. The fourth-order valence-electron chi connectivity index (χ4n) is 2.69. The highest BCUT2D eigenvalue weighted by Gasteiger charge is 2.18. The van der Waals surface area contributed by atoms with Crippen molar-refractivity contribution in [2.45, 2.75) is 18.7 Å². The second-order valence-electron chi connectivity index (χ2n) is 6.48. The average Bonchev–Trinajstić information content (AvgIpc) is 2.66. The molecular weight excluding hydrogens is 476 g/mol. The summed E-state index contributed by atoms with van der Waals surface area (Å²) in [5.74, 6) is -0.364. The van der Waals surface area contributed by atoms with Crippen LogP contribution >= 0.6 is 27.5 Å². The lowest BCUT2D eigenvalue weighted by atomic mass is 10.1. The topological polar surface area (TPSA) is 75.3 Å². The van der Waals surface area contributed by atoms with Gasteiger partial charge in [0.25, 0.3) is 15.9 Å². The van der Waals surface area contributed by atoms with Gasteiger partial charge < -0.3 is 5.32 Å². The molecule has 0 bridgehead atoms. The second kappa shape index (κ2) is 8.57. The summed E-state index contributed by atoms with van der Waals surface area (Å²) >= 11 is 9.37. The molecule has 3 rings (SSSR count). The van der Waals surface area contributed by atoms with E-state index >= 15 is 0 Å². The maximum Gasteiger partial charge on any atom is 0.261 e. The van der Waals surface area contributed by atoms with Crippen molar-refractivity contribution >= 4 is 54.8 Å². The van der Waals surface area contributed by atoms with Gasteiger partial charge in [0.2, 0.25) is 0 Å². The molecule has 5 nitrogen and oxygen atoms in total. The number of carbonyl (C=O) groups excluding carboxylic acids is 1. The molecule has 0 fully saturated rings. The van der Waals surface area contributed by atoms with Gasteiger partial charge >= 0.3 is 0 Å². The summed E-state index contributed by atoms with van der Waals surface area (Å²) in [6, 6.07) is 16.5. The molecule has 0 aliphatic rings. The van der Waals surface area contributed by atoms with Crippen molar-refractivity contribution in [1.82, 2.24) is 0 Å². The molecule has 0 unspecified atom stereocenters. The van der Waals surface area contributed by atoms with E-state index in [1.165, 1.54) is 0 Å². The number of rotatable bonds is 5. The Morgan fingerprint density at radius 3 is 2.34 bits per heavy atom. The van der Waals surface area contributed by atoms with Crippen molar-refractivity contribution in [3.05, 3.63) is 86.8 Å². The Labute approximate surface area is 183 Å². The SMILES string of the molecule is Cc1ccc(S(=O)(=O)Nc2cccc(C(=O)Nc3ccc(Br)c(Cl)c3)c2C)cc1. The predicted molar refractivity (Wildman–Crippen MR) is 120 cm³/mol. The van der Waals surface area contributed by atoms with Crippen molar-refractivity contribution in [1.29, 1.82) is 0 Å². The summed E-state index contributed by atoms with van der Waals surface area (Å²) in [6.07, 6.45) is 0. The number of hydrogen-bond donors (Lipinski definition) is 2. The van der Waals surface area contributed by atoms with E-state index in [9.17, 15) is 13.2 Å². The van der Waals surface area contributed by atoms with Gasteiger partial charge in [0.1, 0.15) is 0 Å². The molecule has 0 heterocycles. The van der Waals surface area contributed by atoms with E-state index in [1.807, 2.05) is 6.92 Å². The van der Waals surface area contributed by atoms with Gasteiger partial charge in [-0.1, -0.05) is 35.4 Å². The third-order valence-electron chi connectivity index (χ3n) is 4.33. The van der Waals surface area contributed by atoms with E-state index in [1.54, 1.807) is 67.6 Å². The number of aryl methyl sites for hydroxylation is 1. The first-order valence-electron chi connectivity index (χ1n) is 8.63. The Morgan fingerprint density at radius 2 is 1.69 bits per heavy atom. The molecule has 0 radical (unpaired) electrons. The Morgan fingerprint density at radius 1 is 1.00 bits per heavy atom.